The standard InChI is InChI=1S/C10H15N3O5S/c1-19(17,18)5-2-9(14)11-3-4-13-6-8(10(15)16)12-7-13/h6-7H,2-5H2,1H3,(H,11,14)(H,15,16). The van der Waals surface area contributed by atoms with Crippen LogP contribution >= 0.6 is 0 Å². The van der Waals surface area contributed by atoms with Crippen LogP contribution in [0.1, 0.15) is 16.9 Å². The Bertz CT molecular complexity index is 563. The number of aromatic nitrogens is 2. The molecule has 0 spiro atoms. The number of sulfone groups is 1. The molecule has 9 heteroatoms. The second-order valence-corrected chi connectivity index (χ2v) is 6.29. The van der Waals surface area contributed by atoms with Gasteiger partial charge in [0.25, 0.3) is 0 Å². The fraction of sp³-hybridized carbons (Fsp3) is 0.500. The van der Waals surface area contributed by atoms with Gasteiger partial charge in [0, 0.05) is 32.0 Å². The third-order valence-electron chi connectivity index (χ3n) is 2.24. The molecule has 0 aliphatic heterocycles. The molecule has 0 aliphatic carbocycles. The summed E-state index contributed by atoms with van der Waals surface area (Å²) in [6, 6.07) is 0. The third kappa shape index (κ3) is 6.00. The summed E-state index contributed by atoms with van der Waals surface area (Å²) in [5, 5.41) is 11.2. The van der Waals surface area contributed by atoms with Crippen LogP contribution in [0.2, 0.25) is 0 Å². The Hall–Kier alpha value is -1.90. The second kappa shape index (κ2) is 6.32. The van der Waals surface area contributed by atoms with Gasteiger partial charge in [-0.25, -0.2) is 18.2 Å². The van der Waals surface area contributed by atoms with Gasteiger partial charge in [-0.15, -0.1) is 0 Å². The number of nitrogens with zero attached hydrogens (tertiary/aromatic N) is 2. The molecule has 1 aromatic heterocycles. The zero-order valence-corrected chi connectivity index (χ0v) is 11.2. The number of hydrogen-bond acceptors (Lipinski definition) is 5. The maximum atomic E-state index is 11.3. The van der Waals surface area contributed by atoms with E-state index in [2.05, 4.69) is 10.3 Å². The largest absolute Gasteiger partial charge is 0.476 e. The summed E-state index contributed by atoms with van der Waals surface area (Å²) in [6.07, 6.45) is 3.69. The van der Waals surface area contributed by atoms with Crippen LogP contribution in [0.25, 0.3) is 0 Å². The first kappa shape index (κ1) is 15.2. The van der Waals surface area contributed by atoms with Gasteiger partial charge in [-0.05, 0) is 0 Å². The van der Waals surface area contributed by atoms with Crippen LogP contribution < -0.4 is 5.32 Å². The molecule has 0 saturated heterocycles. The minimum atomic E-state index is -3.14. The fourth-order valence-corrected chi connectivity index (χ4v) is 1.84. The Morgan fingerprint density at radius 1 is 1.47 bits per heavy atom. The minimum absolute atomic E-state index is 0.0663. The molecule has 19 heavy (non-hydrogen) atoms. The van der Waals surface area contributed by atoms with Crippen molar-refractivity contribution in [2.24, 2.45) is 0 Å². The van der Waals surface area contributed by atoms with E-state index in [-0.39, 0.29) is 30.3 Å². The highest BCUT2D eigenvalue weighted by atomic mass is 32.2. The van der Waals surface area contributed by atoms with Crippen molar-refractivity contribution in [2.75, 3.05) is 18.6 Å². The van der Waals surface area contributed by atoms with Gasteiger partial charge in [0.2, 0.25) is 5.91 Å². The Morgan fingerprint density at radius 2 is 2.16 bits per heavy atom. The van der Waals surface area contributed by atoms with E-state index in [1.54, 1.807) is 0 Å². The lowest BCUT2D eigenvalue weighted by atomic mass is 10.4. The zero-order valence-electron chi connectivity index (χ0n) is 10.4. The van der Waals surface area contributed by atoms with Crippen molar-refractivity contribution in [3.63, 3.8) is 0 Å². The van der Waals surface area contributed by atoms with E-state index in [4.69, 9.17) is 5.11 Å². The van der Waals surface area contributed by atoms with Crippen molar-refractivity contribution < 1.29 is 23.1 Å². The van der Waals surface area contributed by atoms with Crippen molar-refractivity contribution in [3.05, 3.63) is 18.2 Å². The van der Waals surface area contributed by atoms with Crippen LogP contribution in [0.4, 0.5) is 0 Å². The van der Waals surface area contributed by atoms with E-state index in [0.29, 0.717) is 6.54 Å². The second-order valence-electron chi connectivity index (χ2n) is 4.03. The van der Waals surface area contributed by atoms with E-state index < -0.39 is 15.8 Å². The SMILES string of the molecule is CS(=O)(=O)CCC(=O)NCCn1cnc(C(=O)O)c1. The molecule has 106 valence electrons. The van der Waals surface area contributed by atoms with Crippen LogP contribution in [-0.4, -0.2) is 53.5 Å². The molecular weight excluding hydrogens is 274 g/mol. The normalized spacial score (nSPS) is 11.2. The first-order valence-corrected chi connectivity index (χ1v) is 7.53. The molecule has 0 aromatic carbocycles. The molecule has 0 bridgehead atoms. The third-order valence-corrected chi connectivity index (χ3v) is 3.19. The van der Waals surface area contributed by atoms with Crippen molar-refractivity contribution in [3.8, 4) is 0 Å². The van der Waals surface area contributed by atoms with Crippen molar-refractivity contribution in [2.45, 2.75) is 13.0 Å². The van der Waals surface area contributed by atoms with Gasteiger partial charge in [-0.2, -0.15) is 0 Å². The van der Waals surface area contributed by atoms with Gasteiger partial charge >= 0.3 is 5.97 Å². The molecule has 0 fully saturated rings. The van der Waals surface area contributed by atoms with Gasteiger partial charge in [-0.3, -0.25) is 4.79 Å². The average molecular weight is 289 g/mol. The number of rotatable bonds is 7. The summed E-state index contributed by atoms with van der Waals surface area (Å²) in [5.41, 5.74) is -0.0663. The molecule has 1 heterocycles. The summed E-state index contributed by atoms with van der Waals surface area (Å²) in [5.74, 6) is -1.66. The first-order valence-electron chi connectivity index (χ1n) is 5.47. The van der Waals surface area contributed by atoms with Crippen LogP contribution in [0.15, 0.2) is 12.5 Å². The highest BCUT2D eigenvalue weighted by Gasteiger charge is 2.08. The number of amides is 1. The number of hydrogen-bond donors (Lipinski definition) is 2. The lowest BCUT2D eigenvalue weighted by molar-refractivity contribution is -0.120. The molecule has 0 atom stereocenters. The molecule has 1 amide bonds. The van der Waals surface area contributed by atoms with E-state index in [9.17, 15) is 18.0 Å². The molecule has 0 unspecified atom stereocenters. The van der Waals surface area contributed by atoms with E-state index in [1.165, 1.54) is 17.1 Å². The maximum Gasteiger partial charge on any atom is 0.356 e. The van der Waals surface area contributed by atoms with Crippen molar-refractivity contribution >= 4 is 21.7 Å². The molecule has 1 rings (SSSR count). The van der Waals surface area contributed by atoms with Crippen LogP contribution in [0.5, 0.6) is 0 Å². The van der Waals surface area contributed by atoms with Gasteiger partial charge < -0.3 is 15.0 Å². The van der Waals surface area contributed by atoms with E-state index in [0.717, 1.165) is 6.26 Å². The Labute approximate surface area is 110 Å². The first-order chi connectivity index (χ1) is 8.78. The predicted octanol–water partition coefficient (Wildman–Crippen LogP) is -0.868. The number of carboxylic acid groups (broad SMARTS) is 1. The van der Waals surface area contributed by atoms with Crippen molar-refractivity contribution in [1.29, 1.82) is 0 Å². The van der Waals surface area contributed by atoms with Crippen LogP contribution in [0, 0.1) is 0 Å². The van der Waals surface area contributed by atoms with Crippen LogP contribution in [0.3, 0.4) is 0 Å². The summed E-state index contributed by atoms with van der Waals surface area (Å²) in [4.78, 5) is 25.5. The van der Waals surface area contributed by atoms with Gasteiger partial charge in [-0.1, -0.05) is 0 Å². The monoisotopic (exact) mass is 289 g/mol. The van der Waals surface area contributed by atoms with E-state index >= 15 is 0 Å². The van der Waals surface area contributed by atoms with E-state index in [1.807, 2.05) is 0 Å². The molecule has 0 radical (unpaired) electrons. The Kier molecular flexibility index (Phi) is 5.04. The number of carboxylic acids is 1. The Balaban J connectivity index is 2.29. The molecular formula is C10H15N3O5S. The number of aromatic carboxylic acids is 1. The molecule has 0 saturated carbocycles. The quantitative estimate of drug-likeness (QED) is 0.673. The smallest absolute Gasteiger partial charge is 0.356 e. The highest BCUT2D eigenvalue weighted by molar-refractivity contribution is 7.90. The predicted molar refractivity (Wildman–Crippen MR) is 66.5 cm³/mol. The maximum absolute atomic E-state index is 11.3. The van der Waals surface area contributed by atoms with Gasteiger partial charge in [0.05, 0.1) is 12.1 Å². The lowest BCUT2D eigenvalue weighted by Crippen LogP contribution is -2.28. The average Bonchev–Trinajstić information content (AvgIpc) is 2.74. The summed E-state index contributed by atoms with van der Waals surface area (Å²) >= 11 is 0. The molecule has 1 aromatic rings. The molecule has 8 nitrogen and oxygen atoms in total. The van der Waals surface area contributed by atoms with Crippen LogP contribution in [-0.2, 0) is 21.2 Å². The molecule has 0 aliphatic rings. The molecule has 2 N–H and O–H groups in total. The van der Waals surface area contributed by atoms with Gasteiger partial charge in [0.15, 0.2) is 5.69 Å². The number of imidazole rings is 1. The highest BCUT2D eigenvalue weighted by Crippen LogP contribution is 1.95. The number of carbonyl (C=O) groups is 2. The summed E-state index contributed by atoms with van der Waals surface area (Å²) < 4.78 is 23.2. The number of nitrogens with one attached hydrogen (secondary N) is 1. The van der Waals surface area contributed by atoms with Crippen molar-refractivity contribution in [1.82, 2.24) is 14.9 Å². The summed E-state index contributed by atoms with van der Waals surface area (Å²) in [7, 11) is -3.14. The number of carbonyl (C=O) groups excluding carboxylic acids is 1. The fourth-order valence-electron chi connectivity index (χ4n) is 1.28. The zero-order chi connectivity index (χ0) is 14.5. The lowest BCUT2D eigenvalue weighted by Gasteiger charge is -2.05. The van der Waals surface area contributed by atoms with Gasteiger partial charge in [0.1, 0.15) is 9.84 Å². The Morgan fingerprint density at radius 3 is 2.68 bits per heavy atom. The minimum Gasteiger partial charge on any atom is -0.476 e. The summed E-state index contributed by atoms with van der Waals surface area (Å²) in [6.45, 7) is 0.642. The topological polar surface area (TPSA) is 118 Å².